The summed E-state index contributed by atoms with van der Waals surface area (Å²) in [4.78, 5) is 23.6. The number of methoxy groups -OCH3 is 1. The molecule has 2 aromatic carbocycles. The number of carbonyl (C=O) groups excluding carboxylic acids is 2. The first kappa shape index (κ1) is 21.0. The first-order valence-electron chi connectivity index (χ1n) is 8.57. The van der Waals surface area contributed by atoms with Gasteiger partial charge in [0.05, 0.1) is 7.11 Å². The van der Waals surface area contributed by atoms with E-state index in [4.69, 9.17) is 9.47 Å². The fraction of sp³-hybridized carbons (Fsp3) is 0.333. The largest absolute Gasteiger partial charge is 0.493 e. The van der Waals surface area contributed by atoms with Crippen molar-refractivity contribution < 1.29 is 19.1 Å². The van der Waals surface area contributed by atoms with Crippen LogP contribution in [0.4, 0.5) is 0 Å². The molecule has 2 aromatic rings. The van der Waals surface area contributed by atoms with Gasteiger partial charge in [-0.05, 0) is 42.8 Å². The number of Topliss-reactive ketones (excluding diaryl/α,β-unsaturated/α-hetero) is 1. The van der Waals surface area contributed by atoms with E-state index in [2.05, 4.69) is 35.1 Å². The van der Waals surface area contributed by atoms with E-state index in [1.54, 1.807) is 18.2 Å². The van der Waals surface area contributed by atoms with Gasteiger partial charge in [-0.3, -0.25) is 9.59 Å². The molecule has 0 aromatic heterocycles. The normalized spacial score (nSPS) is 11.0. The fourth-order valence-electron chi connectivity index (χ4n) is 2.52. The van der Waals surface area contributed by atoms with Gasteiger partial charge >= 0.3 is 0 Å². The highest BCUT2D eigenvalue weighted by Gasteiger charge is 2.21. The standard InChI is InChI=1S/C21H24BrNO4/c1-14(24)15-5-10-18(19(11-15)26-4)27-12-20(25)23-13-21(2,3)16-6-8-17(22)9-7-16/h5-11H,12-13H2,1-4H3,(H,23,25). The number of ketones is 1. The summed E-state index contributed by atoms with van der Waals surface area (Å²) in [6.07, 6.45) is 0. The van der Waals surface area contributed by atoms with Crippen LogP contribution in [0, 0.1) is 0 Å². The molecule has 27 heavy (non-hydrogen) atoms. The molecule has 0 heterocycles. The number of rotatable bonds is 8. The van der Waals surface area contributed by atoms with Crippen LogP contribution in [-0.4, -0.2) is 32.0 Å². The van der Waals surface area contributed by atoms with E-state index in [0.717, 1.165) is 10.0 Å². The number of halogens is 1. The number of ether oxygens (including phenoxy) is 2. The van der Waals surface area contributed by atoms with E-state index < -0.39 is 0 Å². The first-order chi connectivity index (χ1) is 12.7. The van der Waals surface area contributed by atoms with E-state index in [9.17, 15) is 9.59 Å². The first-order valence-corrected chi connectivity index (χ1v) is 9.37. The van der Waals surface area contributed by atoms with E-state index in [1.165, 1.54) is 14.0 Å². The Bertz CT molecular complexity index is 815. The summed E-state index contributed by atoms with van der Waals surface area (Å²) in [7, 11) is 1.49. The lowest BCUT2D eigenvalue weighted by Crippen LogP contribution is -2.38. The van der Waals surface area contributed by atoms with Crippen LogP contribution in [0.2, 0.25) is 0 Å². The van der Waals surface area contributed by atoms with Crippen molar-refractivity contribution in [2.45, 2.75) is 26.2 Å². The zero-order valence-electron chi connectivity index (χ0n) is 16.0. The average molecular weight is 434 g/mol. The van der Waals surface area contributed by atoms with Gasteiger partial charge in [0.25, 0.3) is 5.91 Å². The Hall–Kier alpha value is -2.34. The minimum Gasteiger partial charge on any atom is -0.493 e. The molecule has 0 atom stereocenters. The monoisotopic (exact) mass is 433 g/mol. The van der Waals surface area contributed by atoms with Gasteiger partial charge in [-0.15, -0.1) is 0 Å². The van der Waals surface area contributed by atoms with Crippen LogP contribution in [0.1, 0.15) is 36.7 Å². The van der Waals surface area contributed by atoms with Crippen LogP contribution in [0.5, 0.6) is 11.5 Å². The second-order valence-corrected chi connectivity index (χ2v) is 7.79. The predicted octanol–water partition coefficient (Wildman–Crippen LogP) is 4.13. The minimum absolute atomic E-state index is 0.0623. The van der Waals surface area contributed by atoms with E-state index >= 15 is 0 Å². The van der Waals surface area contributed by atoms with Crippen LogP contribution >= 0.6 is 15.9 Å². The fourth-order valence-corrected chi connectivity index (χ4v) is 2.79. The van der Waals surface area contributed by atoms with Crippen molar-refractivity contribution in [3.8, 4) is 11.5 Å². The van der Waals surface area contributed by atoms with Crippen molar-refractivity contribution in [1.82, 2.24) is 5.32 Å². The molecule has 0 unspecified atom stereocenters. The third-order valence-corrected chi connectivity index (χ3v) is 4.81. The molecule has 144 valence electrons. The molecule has 0 aliphatic heterocycles. The molecule has 0 saturated heterocycles. The van der Waals surface area contributed by atoms with Gasteiger partial charge in [-0.25, -0.2) is 0 Å². The lowest BCUT2D eigenvalue weighted by Gasteiger charge is -2.25. The third-order valence-electron chi connectivity index (χ3n) is 4.28. The molecule has 1 amide bonds. The number of hydrogen-bond donors (Lipinski definition) is 1. The van der Waals surface area contributed by atoms with Crippen LogP contribution in [0.3, 0.4) is 0 Å². The number of carbonyl (C=O) groups is 2. The predicted molar refractivity (Wildman–Crippen MR) is 109 cm³/mol. The number of hydrogen-bond acceptors (Lipinski definition) is 4. The highest BCUT2D eigenvalue weighted by molar-refractivity contribution is 9.10. The van der Waals surface area contributed by atoms with Crippen molar-refractivity contribution >= 4 is 27.6 Å². The van der Waals surface area contributed by atoms with E-state index in [0.29, 0.717) is 23.6 Å². The lowest BCUT2D eigenvalue weighted by atomic mass is 9.84. The molecule has 0 spiro atoms. The second kappa shape index (κ2) is 9.04. The SMILES string of the molecule is COc1cc(C(C)=O)ccc1OCC(=O)NCC(C)(C)c1ccc(Br)cc1. The molecule has 5 nitrogen and oxygen atoms in total. The van der Waals surface area contributed by atoms with Crippen LogP contribution < -0.4 is 14.8 Å². The highest BCUT2D eigenvalue weighted by Crippen LogP contribution is 2.28. The van der Waals surface area contributed by atoms with Gasteiger partial charge in [0.2, 0.25) is 0 Å². The van der Waals surface area contributed by atoms with Crippen LogP contribution in [-0.2, 0) is 10.2 Å². The summed E-state index contributed by atoms with van der Waals surface area (Å²) in [6, 6.07) is 12.9. The van der Waals surface area contributed by atoms with E-state index in [1.807, 2.05) is 24.3 Å². The molecular weight excluding hydrogens is 410 g/mol. The molecule has 2 rings (SSSR count). The molecule has 6 heteroatoms. The van der Waals surface area contributed by atoms with Crippen molar-refractivity contribution in [3.63, 3.8) is 0 Å². The highest BCUT2D eigenvalue weighted by atomic mass is 79.9. The Morgan fingerprint density at radius 1 is 1.07 bits per heavy atom. The maximum absolute atomic E-state index is 12.2. The van der Waals surface area contributed by atoms with Crippen molar-refractivity contribution in [2.75, 3.05) is 20.3 Å². The third kappa shape index (κ3) is 5.82. The average Bonchev–Trinajstić information content (AvgIpc) is 2.64. The molecule has 0 radical (unpaired) electrons. The van der Waals surface area contributed by atoms with Gasteiger partial charge in [-0.1, -0.05) is 41.9 Å². The summed E-state index contributed by atoms with van der Waals surface area (Å²) < 4.78 is 11.8. The Morgan fingerprint density at radius 2 is 1.74 bits per heavy atom. The van der Waals surface area contributed by atoms with Gasteiger partial charge in [-0.2, -0.15) is 0 Å². The Labute approximate surface area is 168 Å². The maximum atomic E-state index is 12.2. The van der Waals surface area contributed by atoms with Gasteiger partial charge in [0, 0.05) is 22.0 Å². The van der Waals surface area contributed by atoms with Gasteiger partial charge in [0.1, 0.15) is 0 Å². The van der Waals surface area contributed by atoms with Crippen LogP contribution in [0.25, 0.3) is 0 Å². The molecule has 1 N–H and O–H groups in total. The molecule has 0 saturated carbocycles. The topological polar surface area (TPSA) is 64.6 Å². The Kier molecular flexibility index (Phi) is 7.02. The summed E-state index contributed by atoms with van der Waals surface area (Å²) in [5.41, 5.74) is 1.45. The summed E-state index contributed by atoms with van der Waals surface area (Å²) in [6.45, 7) is 5.97. The quantitative estimate of drug-likeness (QED) is 0.635. The van der Waals surface area contributed by atoms with Crippen LogP contribution in [0.15, 0.2) is 46.9 Å². The lowest BCUT2D eigenvalue weighted by molar-refractivity contribution is -0.123. The summed E-state index contributed by atoms with van der Waals surface area (Å²) >= 11 is 3.43. The Balaban J connectivity index is 1.92. The number of amides is 1. The zero-order valence-corrected chi connectivity index (χ0v) is 17.6. The van der Waals surface area contributed by atoms with E-state index in [-0.39, 0.29) is 23.7 Å². The molecule has 0 aliphatic rings. The second-order valence-electron chi connectivity index (χ2n) is 6.88. The zero-order chi connectivity index (χ0) is 20.0. The summed E-state index contributed by atoms with van der Waals surface area (Å²) in [5, 5.41) is 2.90. The van der Waals surface area contributed by atoms with Gasteiger partial charge in [0.15, 0.2) is 23.9 Å². The minimum atomic E-state index is -0.224. The molecule has 0 fully saturated rings. The van der Waals surface area contributed by atoms with Crippen molar-refractivity contribution in [1.29, 1.82) is 0 Å². The Morgan fingerprint density at radius 3 is 2.33 bits per heavy atom. The number of benzene rings is 2. The molecule has 0 bridgehead atoms. The number of nitrogens with one attached hydrogen (secondary N) is 1. The molecule has 0 aliphatic carbocycles. The van der Waals surface area contributed by atoms with Gasteiger partial charge < -0.3 is 14.8 Å². The molecular formula is C21H24BrNO4. The summed E-state index contributed by atoms with van der Waals surface area (Å²) in [5.74, 6) is 0.557. The maximum Gasteiger partial charge on any atom is 0.257 e. The smallest absolute Gasteiger partial charge is 0.257 e. The van der Waals surface area contributed by atoms with Crippen molar-refractivity contribution in [3.05, 3.63) is 58.1 Å². The van der Waals surface area contributed by atoms with Crippen molar-refractivity contribution in [2.24, 2.45) is 0 Å².